The van der Waals surface area contributed by atoms with Gasteiger partial charge in [-0.25, -0.2) is 0 Å². The lowest BCUT2D eigenvalue weighted by Gasteiger charge is -2.29. The average Bonchev–Trinajstić information content (AvgIpc) is 3.46. The van der Waals surface area contributed by atoms with Gasteiger partial charge in [0.1, 0.15) is 0 Å². The highest BCUT2D eigenvalue weighted by molar-refractivity contribution is 6.07. The van der Waals surface area contributed by atoms with Gasteiger partial charge in [-0.2, -0.15) is 5.26 Å². The number of hydrogen-bond acceptors (Lipinski definition) is 4. The molecule has 2 aliphatic heterocycles. The zero-order valence-corrected chi connectivity index (χ0v) is 27.8. The number of carbonyl (C=O) groups is 1. The Morgan fingerprint density at radius 1 is 0.933 bits per heavy atom. The topological polar surface area (TPSA) is 60.2 Å². The number of aromatic nitrogens is 1. The Morgan fingerprint density at radius 3 is 2.44 bits per heavy atom. The summed E-state index contributed by atoms with van der Waals surface area (Å²) in [5, 5.41) is 10.1. The number of carbonyl (C=O) groups excluding carboxylic acids is 1. The molecule has 1 amide bonds. The quantitative estimate of drug-likeness (QED) is 0.258. The monoisotopic (exact) mass is 602 g/mol. The van der Waals surface area contributed by atoms with Crippen molar-refractivity contribution in [2.75, 3.05) is 26.2 Å². The third kappa shape index (κ3) is 7.56. The Labute approximate surface area is 270 Å². The van der Waals surface area contributed by atoms with Gasteiger partial charge >= 0.3 is 0 Å². The maximum Gasteiger partial charge on any atom is 0.254 e. The van der Waals surface area contributed by atoms with Gasteiger partial charge in [0.25, 0.3) is 5.91 Å². The van der Waals surface area contributed by atoms with Gasteiger partial charge in [-0.05, 0) is 118 Å². The summed E-state index contributed by atoms with van der Waals surface area (Å²) in [7, 11) is 0. The van der Waals surface area contributed by atoms with Crippen LogP contribution in [0.1, 0.15) is 94.3 Å². The number of fused-ring (bicyclic) bond motifs is 2. The number of benzene rings is 2. The van der Waals surface area contributed by atoms with E-state index < -0.39 is 0 Å². The van der Waals surface area contributed by atoms with Crippen LogP contribution in [0.15, 0.2) is 72.3 Å². The van der Waals surface area contributed by atoms with Crippen LogP contribution in [0.5, 0.6) is 0 Å². The molecule has 3 heterocycles. The van der Waals surface area contributed by atoms with Crippen molar-refractivity contribution in [1.82, 2.24) is 14.8 Å². The van der Waals surface area contributed by atoms with Crippen molar-refractivity contribution in [1.29, 1.82) is 5.26 Å². The summed E-state index contributed by atoms with van der Waals surface area (Å²) >= 11 is 0. The lowest BCUT2D eigenvalue weighted by atomic mass is 9.96. The molecule has 1 aromatic heterocycles. The van der Waals surface area contributed by atoms with Gasteiger partial charge in [0, 0.05) is 30.2 Å². The number of pyridine rings is 1. The third-order valence-electron chi connectivity index (χ3n) is 9.63. The molecule has 4 aliphatic rings. The number of nitrogens with zero attached hydrogens (tertiary/aromatic N) is 4. The molecule has 0 N–H and O–H groups in total. The Balaban J connectivity index is 0.000000963. The van der Waals surface area contributed by atoms with Crippen LogP contribution in [-0.2, 0) is 6.42 Å². The molecule has 5 nitrogen and oxygen atoms in total. The fourth-order valence-corrected chi connectivity index (χ4v) is 7.25. The third-order valence-corrected chi connectivity index (χ3v) is 9.63. The minimum atomic E-state index is 0.151. The predicted molar refractivity (Wildman–Crippen MR) is 186 cm³/mol. The molecular formula is C40H50N4O. The number of rotatable bonds is 8. The number of hydrogen-bond donors (Lipinski definition) is 0. The second-order valence-corrected chi connectivity index (χ2v) is 12.4. The number of allylic oxidation sites excluding steroid dienone is 4. The highest BCUT2D eigenvalue weighted by Crippen LogP contribution is 2.48. The fourth-order valence-electron chi connectivity index (χ4n) is 7.25. The molecular weight excluding hydrogens is 552 g/mol. The maximum atomic E-state index is 14.3. The van der Waals surface area contributed by atoms with E-state index in [2.05, 4.69) is 58.4 Å². The van der Waals surface area contributed by atoms with Crippen molar-refractivity contribution < 1.29 is 4.79 Å². The highest BCUT2D eigenvalue weighted by atomic mass is 16.2. The first kappa shape index (κ1) is 32.6. The molecule has 0 bridgehead atoms. The summed E-state index contributed by atoms with van der Waals surface area (Å²) in [5.41, 5.74) is 7.00. The second kappa shape index (κ2) is 15.5. The lowest BCUT2D eigenvalue weighted by molar-refractivity contribution is 0.0710. The average molecular weight is 603 g/mol. The molecule has 2 aromatic carbocycles. The van der Waals surface area contributed by atoms with E-state index in [0.29, 0.717) is 5.56 Å². The molecule has 3 aromatic rings. The first-order valence-corrected chi connectivity index (χ1v) is 17.5. The van der Waals surface area contributed by atoms with Crippen LogP contribution in [0.2, 0.25) is 0 Å². The van der Waals surface area contributed by atoms with Crippen molar-refractivity contribution in [2.24, 2.45) is 11.8 Å². The Hall–Kier alpha value is -3.75. The van der Waals surface area contributed by atoms with Gasteiger partial charge in [0.05, 0.1) is 22.7 Å². The summed E-state index contributed by atoms with van der Waals surface area (Å²) in [5.74, 6) is 1.70. The lowest BCUT2D eigenvalue weighted by Crippen LogP contribution is -2.42. The van der Waals surface area contributed by atoms with Gasteiger partial charge in [-0.3, -0.25) is 9.78 Å². The summed E-state index contributed by atoms with van der Waals surface area (Å²) in [4.78, 5) is 24.1. The molecule has 2 saturated heterocycles. The SMILES string of the molecule is CC.CC.N#Cc1ccc(-c2ccc3nc(CCCC4=CC=CC5CC45)cc(C(=O)N4CCCC4CN4CCCC4)c3c2)cc1. The molecule has 7 rings (SSSR count). The Kier molecular flexibility index (Phi) is 11.2. The van der Waals surface area contributed by atoms with Crippen LogP contribution in [0, 0.1) is 23.2 Å². The number of likely N-dealkylation sites (tertiary alicyclic amines) is 2. The van der Waals surface area contributed by atoms with Crippen LogP contribution in [0.25, 0.3) is 22.0 Å². The minimum Gasteiger partial charge on any atom is -0.334 e. The van der Waals surface area contributed by atoms with E-state index in [-0.39, 0.29) is 11.9 Å². The van der Waals surface area contributed by atoms with E-state index in [0.717, 1.165) is 103 Å². The van der Waals surface area contributed by atoms with Gasteiger partial charge in [0.2, 0.25) is 0 Å². The molecule has 5 heteroatoms. The van der Waals surface area contributed by atoms with Crippen LogP contribution < -0.4 is 0 Å². The van der Waals surface area contributed by atoms with Crippen molar-refractivity contribution >= 4 is 16.8 Å². The molecule has 1 saturated carbocycles. The molecule has 2 aliphatic carbocycles. The smallest absolute Gasteiger partial charge is 0.254 e. The Morgan fingerprint density at radius 2 is 1.69 bits per heavy atom. The summed E-state index contributed by atoms with van der Waals surface area (Å²) in [6.45, 7) is 12.1. The summed E-state index contributed by atoms with van der Waals surface area (Å²) < 4.78 is 0. The van der Waals surface area contributed by atoms with E-state index in [4.69, 9.17) is 4.98 Å². The number of nitriles is 1. The predicted octanol–water partition coefficient (Wildman–Crippen LogP) is 8.98. The standard InChI is InChI=1S/C36H38N4O.2C2H6/c37-23-25-11-13-26(14-12-25)28-15-16-35-33(20-28)34(36(41)40-19-5-10-31(40)24-39-17-1-2-18-39)22-30(38-35)9-4-7-27-6-3-8-29-21-32(27)29;2*1-2/h3,6,8,11-16,20,22,29,31-32H,1-2,4-5,7,9-10,17-19,21,24H2;2*1-2H3. The summed E-state index contributed by atoms with van der Waals surface area (Å²) in [6.07, 6.45) is 15.9. The highest BCUT2D eigenvalue weighted by Gasteiger charge is 2.38. The van der Waals surface area contributed by atoms with Crippen LogP contribution in [0.4, 0.5) is 0 Å². The van der Waals surface area contributed by atoms with Crippen LogP contribution in [-0.4, -0.2) is 52.9 Å². The van der Waals surface area contributed by atoms with Crippen molar-refractivity contribution in [3.05, 3.63) is 89.2 Å². The summed E-state index contributed by atoms with van der Waals surface area (Å²) in [6, 6.07) is 18.5. The second-order valence-electron chi connectivity index (χ2n) is 12.4. The Bertz CT molecular complexity index is 1560. The maximum absolute atomic E-state index is 14.3. The molecule has 0 spiro atoms. The number of aryl methyl sites for hydroxylation is 1. The molecule has 0 radical (unpaired) electrons. The molecule has 3 unspecified atom stereocenters. The van der Waals surface area contributed by atoms with E-state index in [1.165, 1.54) is 19.3 Å². The zero-order chi connectivity index (χ0) is 31.8. The van der Waals surface area contributed by atoms with E-state index in [1.807, 2.05) is 52.0 Å². The number of amides is 1. The largest absolute Gasteiger partial charge is 0.334 e. The van der Waals surface area contributed by atoms with Gasteiger partial charge in [0.15, 0.2) is 0 Å². The van der Waals surface area contributed by atoms with E-state index in [9.17, 15) is 10.1 Å². The fraction of sp³-hybridized carbons (Fsp3) is 0.475. The van der Waals surface area contributed by atoms with Crippen molar-refractivity contribution in [3.8, 4) is 17.2 Å². The van der Waals surface area contributed by atoms with Gasteiger partial charge < -0.3 is 9.80 Å². The molecule has 45 heavy (non-hydrogen) atoms. The van der Waals surface area contributed by atoms with E-state index in [1.54, 1.807) is 5.57 Å². The van der Waals surface area contributed by atoms with Crippen molar-refractivity contribution in [3.63, 3.8) is 0 Å². The molecule has 3 fully saturated rings. The first-order chi connectivity index (χ1) is 22.2. The van der Waals surface area contributed by atoms with Crippen LogP contribution in [0.3, 0.4) is 0 Å². The van der Waals surface area contributed by atoms with Crippen LogP contribution >= 0.6 is 0 Å². The minimum absolute atomic E-state index is 0.151. The normalized spacial score (nSPS) is 21.6. The van der Waals surface area contributed by atoms with Crippen molar-refractivity contribution in [2.45, 2.75) is 85.1 Å². The zero-order valence-electron chi connectivity index (χ0n) is 27.8. The van der Waals surface area contributed by atoms with Gasteiger partial charge in [-0.15, -0.1) is 0 Å². The molecule has 236 valence electrons. The van der Waals surface area contributed by atoms with Gasteiger partial charge in [-0.1, -0.05) is 69.7 Å². The van der Waals surface area contributed by atoms with E-state index >= 15 is 0 Å². The first-order valence-electron chi connectivity index (χ1n) is 17.5. The molecule has 3 atom stereocenters.